The third-order valence-electron chi connectivity index (χ3n) is 3.37. The van der Waals surface area contributed by atoms with E-state index in [1.807, 2.05) is 0 Å². The van der Waals surface area contributed by atoms with E-state index in [9.17, 15) is 0 Å². The standard InChI is InChI=1S/C12H27N3/c1-11(13)4-7-14(2)8-5-12-6-9-15(3)10-12/h11-12H,4-10,13H2,1-3H3. The summed E-state index contributed by atoms with van der Waals surface area (Å²) in [5.74, 6) is 0.924. The number of hydrogen-bond donors (Lipinski definition) is 1. The summed E-state index contributed by atoms with van der Waals surface area (Å²) < 4.78 is 0. The van der Waals surface area contributed by atoms with Crippen LogP contribution in [-0.4, -0.2) is 56.1 Å². The van der Waals surface area contributed by atoms with Crippen molar-refractivity contribution in [1.29, 1.82) is 0 Å². The lowest BCUT2D eigenvalue weighted by Crippen LogP contribution is -2.28. The van der Waals surface area contributed by atoms with Gasteiger partial charge in [-0.05, 0) is 65.8 Å². The molecule has 2 unspecified atom stereocenters. The Bertz CT molecular complexity index is 170. The van der Waals surface area contributed by atoms with Gasteiger partial charge in [-0.25, -0.2) is 0 Å². The molecule has 0 aromatic carbocycles. The molecule has 0 aromatic rings. The van der Waals surface area contributed by atoms with Crippen molar-refractivity contribution >= 4 is 0 Å². The van der Waals surface area contributed by atoms with Crippen molar-refractivity contribution in [3.8, 4) is 0 Å². The van der Waals surface area contributed by atoms with Crippen LogP contribution in [0.2, 0.25) is 0 Å². The fraction of sp³-hybridized carbons (Fsp3) is 1.00. The van der Waals surface area contributed by atoms with E-state index in [1.165, 1.54) is 32.5 Å². The van der Waals surface area contributed by atoms with Gasteiger partial charge < -0.3 is 15.5 Å². The van der Waals surface area contributed by atoms with Gasteiger partial charge in [-0.3, -0.25) is 0 Å². The second kappa shape index (κ2) is 6.46. The van der Waals surface area contributed by atoms with Crippen molar-refractivity contribution in [2.45, 2.75) is 32.2 Å². The van der Waals surface area contributed by atoms with Gasteiger partial charge >= 0.3 is 0 Å². The Balaban J connectivity index is 2.03. The topological polar surface area (TPSA) is 32.5 Å². The van der Waals surface area contributed by atoms with E-state index in [4.69, 9.17) is 5.73 Å². The molecule has 1 heterocycles. The number of hydrogen-bond acceptors (Lipinski definition) is 3. The zero-order valence-corrected chi connectivity index (χ0v) is 10.6. The summed E-state index contributed by atoms with van der Waals surface area (Å²) >= 11 is 0. The van der Waals surface area contributed by atoms with Crippen LogP contribution in [0, 0.1) is 5.92 Å². The normalized spacial score (nSPS) is 25.0. The Morgan fingerprint density at radius 2 is 2.20 bits per heavy atom. The smallest absolute Gasteiger partial charge is 0.00226 e. The summed E-state index contributed by atoms with van der Waals surface area (Å²) in [5.41, 5.74) is 5.74. The van der Waals surface area contributed by atoms with E-state index in [0.29, 0.717) is 6.04 Å². The molecule has 0 aromatic heterocycles. The van der Waals surface area contributed by atoms with E-state index in [-0.39, 0.29) is 0 Å². The molecule has 2 atom stereocenters. The summed E-state index contributed by atoms with van der Waals surface area (Å²) in [4.78, 5) is 4.86. The fourth-order valence-corrected chi connectivity index (χ4v) is 2.20. The van der Waals surface area contributed by atoms with Crippen molar-refractivity contribution in [3.63, 3.8) is 0 Å². The highest BCUT2D eigenvalue weighted by Gasteiger charge is 2.19. The van der Waals surface area contributed by atoms with Crippen LogP contribution in [-0.2, 0) is 0 Å². The maximum atomic E-state index is 5.74. The Kier molecular flexibility index (Phi) is 5.58. The molecule has 1 rings (SSSR count). The highest BCUT2D eigenvalue weighted by atomic mass is 15.1. The maximum Gasteiger partial charge on any atom is 0.00226 e. The van der Waals surface area contributed by atoms with Gasteiger partial charge in [0.15, 0.2) is 0 Å². The maximum absolute atomic E-state index is 5.74. The van der Waals surface area contributed by atoms with Crippen LogP contribution in [0.5, 0.6) is 0 Å². The molecule has 90 valence electrons. The van der Waals surface area contributed by atoms with Crippen molar-refractivity contribution in [2.24, 2.45) is 11.7 Å². The predicted octanol–water partition coefficient (Wildman–Crippen LogP) is 0.997. The summed E-state index contributed by atoms with van der Waals surface area (Å²) in [6.45, 7) is 7.03. The summed E-state index contributed by atoms with van der Waals surface area (Å²) in [6.07, 6.45) is 3.85. The van der Waals surface area contributed by atoms with E-state index >= 15 is 0 Å². The van der Waals surface area contributed by atoms with Gasteiger partial charge in [0.25, 0.3) is 0 Å². The third-order valence-corrected chi connectivity index (χ3v) is 3.37. The van der Waals surface area contributed by atoms with E-state index in [2.05, 4.69) is 30.8 Å². The number of nitrogens with zero attached hydrogens (tertiary/aromatic N) is 2. The fourth-order valence-electron chi connectivity index (χ4n) is 2.20. The second-order valence-electron chi connectivity index (χ2n) is 5.27. The van der Waals surface area contributed by atoms with Crippen molar-refractivity contribution in [3.05, 3.63) is 0 Å². The largest absolute Gasteiger partial charge is 0.328 e. The molecular weight excluding hydrogens is 186 g/mol. The number of likely N-dealkylation sites (tertiary alicyclic amines) is 1. The lowest BCUT2D eigenvalue weighted by Gasteiger charge is -2.19. The zero-order valence-electron chi connectivity index (χ0n) is 10.6. The minimum absolute atomic E-state index is 0.338. The molecule has 1 aliphatic rings. The predicted molar refractivity (Wildman–Crippen MR) is 66.0 cm³/mol. The minimum Gasteiger partial charge on any atom is -0.328 e. The summed E-state index contributed by atoms with van der Waals surface area (Å²) in [6, 6.07) is 0.338. The quantitative estimate of drug-likeness (QED) is 0.714. The van der Waals surface area contributed by atoms with Gasteiger partial charge in [0.05, 0.1) is 0 Å². The molecule has 0 radical (unpaired) electrons. The van der Waals surface area contributed by atoms with Gasteiger partial charge in [-0.15, -0.1) is 0 Å². The molecule has 3 heteroatoms. The van der Waals surface area contributed by atoms with Gasteiger partial charge in [-0.2, -0.15) is 0 Å². The molecule has 1 fully saturated rings. The molecule has 15 heavy (non-hydrogen) atoms. The zero-order chi connectivity index (χ0) is 11.3. The van der Waals surface area contributed by atoms with E-state index in [0.717, 1.165) is 18.9 Å². The minimum atomic E-state index is 0.338. The molecule has 0 bridgehead atoms. The Morgan fingerprint density at radius 3 is 2.73 bits per heavy atom. The SMILES string of the molecule is CC(N)CCN(C)CCC1CCN(C)C1. The summed E-state index contributed by atoms with van der Waals surface area (Å²) in [7, 11) is 4.43. The Hall–Kier alpha value is -0.120. The van der Waals surface area contributed by atoms with Crippen LogP contribution in [0.3, 0.4) is 0 Å². The first-order chi connectivity index (χ1) is 7.08. The molecule has 0 spiro atoms. The first-order valence-electron chi connectivity index (χ1n) is 6.20. The van der Waals surface area contributed by atoms with Gasteiger partial charge in [0, 0.05) is 12.6 Å². The highest BCUT2D eigenvalue weighted by Crippen LogP contribution is 2.17. The Labute approximate surface area is 94.6 Å². The molecule has 0 amide bonds. The van der Waals surface area contributed by atoms with Crippen molar-refractivity contribution in [2.75, 3.05) is 40.3 Å². The first kappa shape index (κ1) is 12.9. The van der Waals surface area contributed by atoms with Gasteiger partial charge in [-0.1, -0.05) is 0 Å². The number of rotatable bonds is 6. The average Bonchev–Trinajstić information content (AvgIpc) is 2.58. The lowest BCUT2D eigenvalue weighted by molar-refractivity contribution is 0.288. The third kappa shape index (κ3) is 5.50. The average molecular weight is 213 g/mol. The number of nitrogens with two attached hydrogens (primary N) is 1. The van der Waals surface area contributed by atoms with E-state index < -0.39 is 0 Å². The lowest BCUT2D eigenvalue weighted by atomic mass is 10.0. The Morgan fingerprint density at radius 1 is 1.47 bits per heavy atom. The summed E-state index contributed by atoms with van der Waals surface area (Å²) in [5, 5.41) is 0. The monoisotopic (exact) mass is 213 g/mol. The van der Waals surface area contributed by atoms with Crippen LogP contribution in [0.15, 0.2) is 0 Å². The molecule has 1 saturated heterocycles. The second-order valence-corrected chi connectivity index (χ2v) is 5.27. The van der Waals surface area contributed by atoms with E-state index in [1.54, 1.807) is 0 Å². The molecule has 0 aliphatic carbocycles. The van der Waals surface area contributed by atoms with Crippen LogP contribution >= 0.6 is 0 Å². The van der Waals surface area contributed by atoms with Gasteiger partial charge in [0.1, 0.15) is 0 Å². The van der Waals surface area contributed by atoms with Crippen LogP contribution < -0.4 is 5.73 Å². The van der Waals surface area contributed by atoms with Crippen LogP contribution in [0.25, 0.3) is 0 Å². The van der Waals surface area contributed by atoms with Crippen LogP contribution in [0.4, 0.5) is 0 Å². The highest BCUT2D eigenvalue weighted by molar-refractivity contribution is 4.73. The molecule has 0 saturated carbocycles. The molecule has 2 N–H and O–H groups in total. The molecule has 1 aliphatic heterocycles. The molecular formula is C12H27N3. The van der Waals surface area contributed by atoms with Gasteiger partial charge in [0.2, 0.25) is 0 Å². The first-order valence-corrected chi connectivity index (χ1v) is 6.20. The van der Waals surface area contributed by atoms with Crippen molar-refractivity contribution in [1.82, 2.24) is 9.80 Å². The van der Waals surface area contributed by atoms with Crippen molar-refractivity contribution < 1.29 is 0 Å². The molecule has 3 nitrogen and oxygen atoms in total. The van der Waals surface area contributed by atoms with Crippen LogP contribution in [0.1, 0.15) is 26.2 Å².